The van der Waals surface area contributed by atoms with E-state index < -0.39 is 0 Å². The predicted octanol–water partition coefficient (Wildman–Crippen LogP) is 6.47. The molecule has 2 amide bonds. The molecule has 8 nitrogen and oxygen atoms in total. The van der Waals surface area contributed by atoms with Crippen molar-refractivity contribution in [3.05, 3.63) is 96.1 Å². The van der Waals surface area contributed by atoms with Crippen molar-refractivity contribution in [3.8, 4) is 23.0 Å². The van der Waals surface area contributed by atoms with E-state index in [0.717, 1.165) is 9.79 Å². The number of amides is 2. The third-order valence-electron chi connectivity index (χ3n) is 6.14. The maximum Gasteiger partial charge on any atom is 0.258 e. The molecule has 0 aliphatic carbocycles. The lowest BCUT2D eigenvalue weighted by Gasteiger charge is -2.22. The molecule has 0 unspecified atom stereocenters. The Labute approximate surface area is 240 Å². The molecule has 0 radical (unpaired) electrons. The van der Waals surface area contributed by atoms with Gasteiger partial charge in [-0.25, -0.2) is 0 Å². The zero-order chi connectivity index (χ0) is 28.8. The van der Waals surface area contributed by atoms with Gasteiger partial charge in [0, 0.05) is 35.0 Å². The molecule has 2 N–H and O–H groups in total. The molecule has 0 saturated heterocycles. The molecule has 206 valence electrons. The van der Waals surface area contributed by atoms with Crippen molar-refractivity contribution < 1.29 is 29.3 Å². The minimum atomic E-state index is -0.258. The smallest absolute Gasteiger partial charge is 0.258 e. The molecule has 0 aliphatic heterocycles. The van der Waals surface area contributed by atoms with Crippen molar-refractivity contribution in [1.82, 2.24) is 0 Å². The first kappa shape index (κ1) is 28.7. The summed E-state index contributed by atoms with van der Waals surface area (Å²) in [5.74, 6) is -0.156. The highest BCUT2D eigenvalue weighted by molar-refractivity contribution is 8.76. The number of para-hydroxylation sites is 2. The fourth-order valence-electron chi connectivity index (χ4n) is 3.93. The van der Waals surface area contributed by atoms with Gasteiger partial charge in [0.1, 0.15) is 0 Å². The van der Waals surface area contributed by atoms with E-state index in [1.165, 1.54) is 60.1 Å². The van der Waals surface area contributed by atoms with Crippen LogP contribution < -0.4 is 19.3 Å². The summed E-state index contributed by atoms with van der Waals surface area (Å²) in [7, 11) is 9.18. The number of anilines is 2. The molecule has 0 aliphatic rings. The number of carbonyl (C=O) groups excluding carboxylic acids is 2. The van der Waals surface area contributed by atoms with Crippen LogP contribution in [-0.2, 0) is 0 Å². The van der Waals surface area contributed by atoms with Gasteiger partial charge in [-0.05, 0) is 60.7 Å². The van der Waals surface area contributed by atoms with E-state index in [4.69, 9.17) is 9.47 Å². The second-order valence-electron chi connectivity index (χ2n) is 8.60. The summed E-state index contributed by atoms with van der Waals surface area (Å²) in [5.41, 5.74) is 2.16. The average molecular weight is 577 g/mol. The molecule has 4 aromatic rings. The van der Waals surface area contributed by atoms with Crippen LogP contribution in [-0.4, -0.2) is 50.3 Å². The summed E-state index contributed by atoms with van der Waals surface area (Å²) in [4.78, 5) is 31.3. The van der Waals surface area contributed by atoms with Crippen molar-refractivity contribution in [2.75, 3.05) is 38.1 Å². The van der Waals surface area contributed by atoms with Crippen molar-refractivity contribution in [2.45, 2.75) is 9.79 Å². The Morgan fingerprint density at radius 1 is 0.625 bits per heavy atom. The number of benzene rings is 4. The van der Waals surface area contributed by atoms with Gasteiger partial charge in [-0.3, -0.25) is 9.59 Å². The molecule has 4 aromatic carbocycles. The SMILES string of the molecule is COc1cc(C(=O)N(C)c2ccccc2SSc2ccccc2N(C)C(=O)c2ccc(O)c(OC)c2)ccc1O. The van der Waals surface area contributed by atoms with Crippen LogP contribution in [0.15, 0.2) is 94.7 Å². The standard InChI is InChI=1S/C30H28N2O6S2/c1-31(29(35)19-13-15-23(33)25(17-19)37-3)21-9-5-7-11-27(21)39-40-28-12-8-6-10-22(28)32(2)30(36)20-14-16-24(34)26(18-20)38-4/h5-18,33-34H,1-4H3. The highest BCUT2D eigenvalue weighted by Crippen LogP contribution is 2.45. The Kier molecular flexibility index (Phi) is 9.13. The van der Waals surface area contributed by atoms with Crippen LogP contribution in [0, 0.1) is 0 Å². The molecule has 10 heteroatoms. The minimum Gasteiger partial charge on any atom is -0.504 e. The Hall–Kier alpha value is -4.28. The van der Waals surface area contributed by atoms with E-state index in [9.17, 15) is 19.8 Å². The number of phenols is 2. The Bertz CT molecular complexity index is 1430. The molecule has 0 bridgehead atoms. The van der Waals surface area contributed by atoms with E-state index >= 15 is 0 Å². The van der Waals surface area contributed by atoms with Gasteiger partial charge in [0.25, 0.3) is 11.8 Å². The van der Waals surface area contributed by atoms with E-state index in [2.05, 4.69) is 0 Å². The molecule has 0 spiro atoms. The van der Waals surface area contributed by atoms with Crippen LogP contribution in [0.25, 0.3) is 0 Å². The zero-order valence-electron chi connectivity index (χ0n) is 22.3. The van der Waals surface area contributed by atoms with Gasteiger partial charge in [-0.2, -0.15) is 0 Å². The molecule has 0 atom stereocenters. The Morgan fingerprint density at radius 2 is 1.00 bits per heavy atom. The number of methoxy groups -OCH3 is 2. The molecular weight excluding hydrogens is 548 g/mol. The van der Waals surface area contributed by atoms with Gasteiger partial charge in [-0.1, -0.05) is 45.9 Å². The number of phenolic OH excluding ortho intramolecular Hbond substituents is 2. The first-order valence-electron chi connectivity index (χ1n) is 12.1. The van der Waals surface area contributed by atoms with Crippen LogP contribution in [0.5, 0.6) is 23.0 Å². The van der Waals surface area contributed by atoms with Crippen molar-refractivity contribution in [3.63, 3.8) is 0 Å². The molecule has 0 heterocycles. The number of carbonyl (C=O) groups is 2. The number of aromatic hydroxyl groups is 2. The minimum absolute atomic E-state index is 0.0410. The van der Waals surface area contributed by atoms with E-state index in [1.54, 1.807) is 36.0 Å². The molecular formula is C30H28N2O6S2. The van der Waals surface area contributed by atoms with E-state index in [1.807, 2.05) is 48.5 Å². The molecule has 0 saturated carbocycles. The van der Waals surface area contributed by atoms with E-state index in [0.29, 0.717) is 22.5 Å². The number of rotatable bonds is 9. The van der Waals surface area contributed by atoms with Gasteiger partial charge in [0.15, 0.2) is 23.0 Å². The normalized spacial score (nSPS) is 10.6. The maximum atomic E-state index is 13.3. The third-order valence-corrected chi connectivity index (χ3v) is 8.60. The van der Waals surface area contributed by atoms with Gasteiger partial charge < -0.3 is 29.5 Å². The average Bonchev–Trinajstić information content (AvgIpc) is 2.99. The third kappa shape index (κ3) is 6.13. The summed E-state index contributed by atoms with van der Waals surface area (Å²) in [6.45, 7) is 0. The van der Waals surface area contributed by atoms with Crippen LogP contribution in [0.1, 0.15) is 20.7 Å². The lowest BCUT2D eigenvalue weighted by Crippen LogP contribution is -2.26. The molecule has 0 aromatic heterocycles. The van der Waals surface area contributed by atoms with Crippen molar-refractivity contribution >= 4 is 44.8 Å². The number of hydrogen-bond acceptors (Lipinski definition) is 8. The van der Waals surface area contributed by atoms with Crippen molar-refractivity contribution in [2.24, 2.45) is 0 Å². The van der Waals surface area contributed by atoms with Crippen molar-refractivity contribution in [1.29, 1.82) is 0 Å². The molecule has 40 heavy (non-hydrogen) atoms. The molecule has 4 rings (SSSR count). The fraction of sp³-hybridized carbons (Fsp3) is 0.133. The van der Waals surface area contributed by atoms with Crippen LogP contribution in [0.2, 0.25) is 0 Å². The highest BCUT2D eigenvalue weighted by atomic mass is 33.1. The highest BCUT2D eigenvalue weighted by Gasteiger charge is 2.21. The summed E-state index contributed by atoms with van der Waals surface area (Å²) in [5, 5.41) is 19.8. The van der Waals surface area contributed by atoms with Gasteiger partial charge in [0.05, 0.1) is 25.6 Å². The summed E-state index contributed by atoms with van der Waals surface area (Å²) in [6, 6.07) is 24.0. The zero-order valence-corrected chi connectivity index (χ0v) is 24.0. The van der Waals surface area contributed by atoms with Crippen LogP contribution in [0.4, 0.5) is 11.4 Å². The summed E-state index contributed by atoms with van der Waals surface area (Å²) < 4.78 is 10.3. The Balaban J connectivity index is 1.55. The topological polar surface area (TPSA) is 99.5 Å². The first-order valence-corrected chi connectivity index (χ1v) is 14.2. The van der Waals surface area contributed by atoms with Crippen LogP contribution in [0.3, 0.4) is 0 Å². The lowest BCUT2D eigenvalue weighted by atomic mass is 10.1. The number of hydrogen-bond donors (Lipinski definition) is 2. The molecule has 0 fully saturated rings. The quantitative estimate of drug-likeness (QED) is 0.219. The lowest BCUT2D eigenvalue weighted by molar-refractivity contribution is 0.0984. The van der Waals surface area contributed by atoms with E-state index in [-0.39, 0.29) is 34.8 Å². The monoisotopic (exact) mass is 576 g/mol. The van der Waals surface area contributed by atoms with Gasteiger partial charge in [-0.15, -0.1) is 0 Å². The van der Waals surface area contributed by atoms with Gasteiger partial charge >= 0.3 is 0 Å². The maximum absolute atomic E-state index is 13.3. The number of nitrogens with zero attached hydrogens (tertiary/aromatic N) is 2. The Morgan fingerprint density at radius 3 is 1.38 bits per heavy atom. The predicted molar refractivity (Wildman–Crippen MR) is 159 cm³/mol. The number of ether oxygens (including phenoxy) is 2. The van der Waals surface area contributed by atoms with Gasteiger partial charge in [0.2, 0.25) is 0 Å². The second-order valence-corrected chi connectivity index (χ2v) is 10.8. The van der Waals surface area contributed by atoms with Crippen LogP contribution >= 0.6 is 21.6 Å². The first-order chi connectivity index (χ1) is 19.2. The summed E-state index contributed by atoms with van der Waals surface area (Å²) >= 11 is 0. The summed E-state index contributed by atoms with van der Waals surface area (Å²) in [6.07, 6.45) is 0. The fourth-order valence-corrected chi connectivity index (χ4v) is 6.34. The largest absolute Gasteiger partial charge is 0.504 e. The second kappa shape index (κ2) is 12.7.